The van der Waals surface area contributed by atoms with E-state index in [1.807, 2.05) is 12.1 Å². The van der Waals surface area contributed by atoms with E-state index in [2.05, 4.69) is 10.3 Å². The van der Waals surface area contributed by atoms with Gasteiger partial charge in [-0.1, -0.05) is 18.2 Å². The van der Waals surface area contributed by atoms with E-state index >= 15 is 0 Å². The van der Waals surface area contributed by atoms with E-state index in [-0.39, 0.29) is 11.7 Å². The maximum atomic E-state index is 13.1. The Balaban J connectivity index is 1.59. The predicted molar refractivity (Wildman–Crippen MR) is 136 cm³/mol. The van der Waals surface area contributed by atoms with Gasteiger partial charge in [-0.25, -0.2) is 9.78 Å². The zero-order valence-corrected chi connectivity index (χ0v) is 20.0. The van der Waals surface area contributed by atoms with E-state index in [4.69, 9.17) is 14.2 Å². The van der Waals surface area contributed by atoms with Crippen LogP contribution in [0.3, 0.4) is 0 Å². The summed E-state index contributed by atoms with van der Waals surface area (Å²) in [6.07, 6.45) is 0. The van der Waals surface area contributed by atoms with Crippen LogP contribution >= 0.6 is 0 Å². The van der Waals surface area contributed by atoms with E-state index in [1.165, 1.54) is 6.92 Å². The van der Waals surface area contributed by atoms with Crippen molar-refractivity contribution in [1.82, 2.24) is 4.98 Å². The standard InChI is InChI=1S/C28H24N2O6/c1-17(31)29-20-11-8-18(9-12-20)25(32)16-36-28(33)22-15-24(30-23-7-5-4-6-21(22)23)19-10-13-26(34-2)27(14-19)35-3/h4-15H,16H2,1-3H3,(H,29,31). The molecular formula is C28H24N2O6. The third-order valence-electron chi connectivity index (χ3n) is 5.48. The first-order valence-corrected chi connectivity index (χ1v) is 11.1. The molecule has 4 aromatic rings. The highest BCUT2D eigenvalue weighted by molar-refractivity contribution is 6.06. The minimum atomic E-state index is -0.640. The quantitative estimate of drug-likeness (QED) is 0.280. The van der Waals surface area contributed by atoms with Crippen LogP contribution in [0.2, 0.25) is 0 Å². The molecule has 0 saturated heterocycles. The summed E-state index contributed by atoms with van der Waals surface area (Å²) in [6, 6.07) is 20.6. The number of rotatable bonds is 8. The lowest BCUT2D eigenvalue weighted by Gasteiger charge is -2.12. The van der Waals surface area contributed by atoms with Gasteiger partial charge < -0.3 is 19.5 Å². The number of nitrogens with one attached hydrogen (secondary N) is 1. The third kappa shape index (κ3) is 5.33. The van der Waals surface area contributed by atoms with Gasteiger partial charge in [0.25, 0.3) is 0 Å². The average Bonchev–Trinajstić information content (AvgIpc) is 2.90. The maximum Gasteiger partial charge on any atom is 0.339 e. The highest BCUT2D eigenvalue weighted by atomic mass is 16.5. The van der Waals surface area contributed by atoms with Crippen LogP contribution in [0.15, 0.2) is 72.8 Å². The number of pyridine rings is 1. The Labute approximate surface area is 207 Å². The van der Waals surface area contributed by atoms with Crippen LogP contribution < -0.4 is 14.8 Å². The molecule has 182 valence electrons. The molecule has 8 heteroatoms. The summed E-state index contributed by atoms with van der Waals surface area (Å²) in [5.41, 5.74) is 3.10. The molecule has 0 aliphatic carbocycles. The Kier molecular flexibility index (Phi) is 7.25. The Morgan fingerprint density at radius 1 is 0.861 bits per heavy atom. The summed E-state index contributed by atoms with van der Waals surface area (Å²) in [5.74, 6) is -0.107. The number of nitrogens with zero attached hydrogens (tertiary/aromatic N) is 1. The Hall–Kier alpha value is -4.72. The zero-order chi connectivity index (χ0) is 25.7. The van der Waals surface area contributed by atoms with E-state index in [9.17, 15) is 14.4 Å². The predicted octanol–water partition coefficient (Wildman–Crippen LogP) is 4.92. The lowest BCUT2D eigenvalue weighted by Crippen LogP contribution is -2.15. The highest BCUT2D eigenvalue weighted by Gasteiger charge is 2.18. The molecule has 3 aromatic carbocycles. The molecule has 1 aromatic heterocycles. The van der Waals surface area contributed by atoms with Gasteiger partial charge in [-0.05, 0) is 54.6 Å². The number of carbonyl (C=O) groups is 3. The molecule has 36 heavy (non-hydrogen) atoms. The van der Waals surface area contributed by atoms with Crippen molar-refractivity contribution in [3.63, 3.8) is 0 Å². The van der Waals surface area contributed by atoms with Crippen molar-refractivity contribution >= 4 is 34.3 Å². The minimum Gasteiger partial charge on any atom is -0.493 e. The molecule has 0 aliphatic rings. The molecule has 0 saturated carbocycles. The van der Waals surface area contributed by atoms with E-state index in [0.717, 1.165) is 5.56 Å². The number of carbonyl (C=O) groups excluding carboxylic acids is 3. The normalized spacial score (nSPS) is 10.5. The number of fused-ring (bicyclic) bond motifs is 1. The second-order valence-electron chi connectivity index (χ2n) is 7.90. The topological polar surface area (TPSA) is 104 Å². The number of benzene rings is 3. The van der Waals surface area contributed by atoms with Crippen LogP contribution in [0.1, 0.15) is 27.6 Å². The van der Waals surface area contributed by atoms with Crippen molar-refractivity contribution in [2.45, 2.75) is 6.92 Å². The summed E-state index contributed by atoms with van der Waals surface area (Å²) in [4.78, 5) is 41.5. The molecule has 1 N–H and O–H groups in total. The van der Waals surface area contributed by atoms with Gasteiger partial charge in [0.05, 0.1) is 31.0 Å². The van der Waals surface area contributed by atoms with E-state index in [1.54, 1.807) is 74.9 Å². The van der Waals surface area contributed by atoms with Gasteiger partial charge in [-0.2, -0.15) is 0 Å². The van der Waals surface area contributed by atoms with Crippen molar-refractivity contribution in [3.05, 3.63) is 83.9 Å². The molecule has 8 nitrogen and oxygen atoms in total. The second-order valence-corrected chi connectivity index (χ2v) is 7.90. The summed E-state index contributed by atoms with van der Waals surface area (Å²) < 4.78 is 16.1. The SMILES string of the molecule is COc1ccc(-c2cc(C(=O)OCC(=O)c3ccc(NC(C)=O)cc3)c3ccccc3n2)cc1OC. The van der Waals surface area contributed by atoms with Gasteiger partial charge in [0.15, 0.2) is 23.9 Å². The van der Waals surface area contributed by atoms with Gasteiger partial charge in [-0.3, -0.25) is 9.59 Å². The van der Waals surface area contributed by atoms with Crippen LogP contribution in [0.5, 0.6) is 11.5 Å². The fourth-order valence-electron chi connectivity index (χ4n) is 3.72. The van der Waals surface area contributed by atoms with Crippen molar-refractivity contribution in [2.75, 3.05) is 26.1 Å². The number of amides is 1. The number of ketones is 1. The maximum absolute atomic E-state index is 13.1. The number of methoxy groups -OCH3 is 2. The highest BCUT2D eigenvalue weighted by Crippen LogP contribution is 2.33. The number of hydrogen-bond donors (Lipinski definition) is 1. The molecule has 0 fully saturated rings. The summed E-state index contributed by atoms with van der Waals surface area (Å²) in [6.45, 7) is 0.971. The number of hydrogen-bond acceptors (Lipinski definition) is 7. The van der Waals surface area contributed by atoms with Crippen LogP contribution in [0.4, 0.5) is 5.69 Å². The van der Waals surface area contributed by atoms with Crippen molar-refractivity contribution in [2.24, 2.45) is 0 Å². The number of anilines is 1. The van der Waals surface area contributed by atoms with Gasteiger partial charge in [-0.15, -0.1) is 0 Å². The molecule has 0 radical (unpaired) electrons. The number of Topliss-reactive ketones (excluding diaryl/α,β-unsaturated/α-hetero) is 1. The molecule has 0 aliphatic heterocycles. The number of aromatic nitrogens is 1. The van der Waals surface area contributed by atoms with E-state index < -0.39 is 12.6 Å². The largest absolute Gasteiger partial charge is 0.493 e. The van der Waals surface area contributed by atoms with Crippen molar-refractivity contribution in [3.8, 4) is 22.8 Å². The van der Waals surface area contributed by atoms with Crippen LogP contribution in [0.25, 0.3) is 22.2 Å². The van der Waals surface area contributed by atoms with Gasteiger partial charge in [0, 0.05) is 29.1 Å². The first kappa shape index (κ1) is 24.4. The van der Waals surface area contributed by atoms with Crippen molar-refractivity contribution in [1.29, 1.82) is 0 Å². The monoisotopic (exact) mass is 484 g/mol. The average molecular weight is 485 g/mol. The first-order chi connectivity index (χ1) is 17.4. The molecule has 0 bridgehead atoms. The molecule has 0 atom stereocenters. The number of ether oxygens (including phenoxy) is 3. The Morgan fingerprint density at radius 2 is 1.58 bits per heavy atom. The Morgan fingerprint density at radius 3 is 2.28 bits per heavy atom. The van der Waals surface area contributed by atoms with Crippen LogP contribution in [-0.4, -0.2) is 43.5 Å². The van der Waals surface area contributed by atoms with E-state index in [0.29, 0.717) is 44.9 Å². The molecule has 1 amide bonds. The first-order valence-electron chi connectivity index (χ1n) is 11.1. The van der Waals surface area contributed by atoms with Gasteiger partial charge >= 0.3 is 5.97 Å². The molecule has 0 unspecified atom stereocenters. The molecule has 4 rings (SSSR count). The fourth-order valence-corrected chi connectivity index (χ4v) is 3.72. The zero-order valence-electron chi connectivity index (χ0n) is 20.0. The fraction of sp³-hybridized carbons (Fsp3) is 0.143. The summed E-state index contributed by atoms with van der Waals surface area (Å²) in [5, 5.41) is 3.25. The molecule has 0 spiro atoms. The van der Waals surface area contributed by atoms with Crippen molar-refractivity contribution < 1.29 is 28.6 Å². The molecule has 1 heterocycles. The summed E-state index contributed by atoms with van der Waals surface area (Å²) in [7, 11) is 3.10. The van der Waals surface area contributed by atoms with Crippen LogP contribution in [-0.2, 0) is 9.53 Å². The van der Waals surface area contributed by atoms with Gasteiger partial charge in [0.1, 0.15) is 0 Å². The smallest absolute Gasteiger partial charge is 0.339 e. The number of para-hydroxylation sites is 1. The Bertz CT molecular complexity index is 1450. The second kappa shape index (κ2) is 10.7. The lowest BCUT2D eigenvalue weighted by molar-refractivity contribution is -0.114. The molecular weight excluding hydrogens is 460 g/mol. The lowest BCUT2D eigenvalue weighted by atomic mass is 10.0. The van der Waals surface area contributed by atoms with Crippen LogP contribution in [0, 0.1) is 0 Å². The third-order valence-corrected chi connectivity index (χ3v) is 5.48. The van der Waals surface area contributed by atoms with Gasteiger partial charge in [0.2, 0.25) is 5.91 Å². The number of esters is 1. The minimum absolute atomic E-state index is 0.208. The summed E-state index contributed by atoms with van der Waals surface area (Å²) >= 11 is 0.